The van der Waals surface area contributed by atoms with Crippen LogP contribution < -0.4 is 5.32 Å². The number of imidazole rings is 1. The maximum Gasteiger partial charge on any atom is 0.162 e. The van der Waals surface area contributed by atoms with Gasteiger partial charge in [0.1, 0.15) is 11.0 Å². The SMILES string of the molecule is c1cncc(-c2ccnc3[nH]c(-c4n[nH]c5ccc(C6CCNCC6)nc45)nc23)c1. The number of hydrogen-bond acceptors (Lipinski definition) is 6. The van der Waals surface area contributed by atoms with E-state index in [0.717, 1.165) is 70.6 Å². The number of nitrogens with one attached hydrogen (secondary N) is 3. The van der Waals surface area contributed by atoms with Crippen molar-refractivity contribution in [1.29, 1.82) is 0 Å². The molecule has 5 aromatic heterocycles. The van der Waals surface area contributed by atoms with Crippen LogP contribution in [-0.2, 0) is 0 Å². The first kappa shape index (κ1) is 17.2. The highest BCUT2D eigenvalue weighted by molar-refractivity contribution is 5.94. The van der Waals surface area contributed by atoms with Gasteiger partial charge in [0.25, 0.3) is 0 Å². The lowest BCUT2D eigenvalue weighted by molar-refractivity contribution is 0.454. The Morgan fingerprint density at radius 1 is 0.933 bits per heavy atom. The van der Waals surface area contributed by atoms with Crippen molar-refractivity contribution in [2.45, 2.75) is 18.8 Å². The average Bonchev–Trinajstić information content (AvgIpc) is 3.43. The summed E-state index contributed by atoms with van der Waals surface area (Å²) in [6, 6.07) is 10.1. The Labute approximate surface area is 172 Å². The van der Waals surface area contributed by atoms with Gasteiger partial charge in [-0.1, -0.05) is 6.07 Å². The Morgan fingerprint density at radius 2 is 1.87 bits per heavy atom. The van der Waals surface area contributed by atoms with Gasteiger partial charge in [0.05, 0.1) is 5.52 Å². The molecule has 6 heterocycles. The minimum atomic E-state index is 0.480. The molecule has 148 valence electrons. The quantitative estimate of drug-likeness (QED) is 0.431. The van der Waals surface area contributed by atoms with E-state index in [1.807, 2.05) is 24.4 Å². The lowest BCUT2D eigenvalue weighted by atomic mass is 9.94. The van der Waals surface area contributed by atoms with Gasteiger partial charge < -0.3 is 10.3 Å². The zero-order chi connectivity index (χ0) is 19.9. The molecular weight excluding hydrogens is 376 g/mol. The van der Waals surface area contributed by atoms with E-state index in [1.165, 1.54) is 0 Å². The second kappa shape index (κ2) is 7.00. The van der Waals surface area contributed by atoms with E-state index < -0.39 is 0 Å². The molecule has 0 bridgehead atoms. The molecule has 0 atom stereocenters. The molecule has 1 aliphatic heterocycles. The number of H-pyrrole nitrogens is 2. The summed E-state index contributed by atoms with van der Waals surface area (Å²) < 4.78 is 0. The fourth-order valence-corrected chi connectivity index (χ4v) is 4.20. The summed E-state index contributed by atoms with van der Waals surface area (Å²) in [4.78, 5) is 21.8. The summed E-state index contributed by atoms with van der Waals surface area (Å²) in [5, 5.41) is 11.0. The van der Waals surface area contributed by atoms with Crippen LogP contribution in [0.5, 0.6) is 0 Å². The molecule has 0 aliphatic carbocycles. The van der Waals surface area contributed by atoms with Crippen LogP contribution in [-0.4, -0.2) is 48.2 Å². The summed E-state index contributed by atoms with van der Waals surface area (Å²) in [6.07, 6.45) is 7.59. The second-order valence-electron chi connectivity index (χ2n) is 7.61. The van der Waals surface area contributed by atoms with Gasteiger partial charge in [0.15, 0.2) is 17.2 Å². The number of rotatable bonds is 3. The van der Waals surface area contributed by atoms with Crippen LogP contribution in [0, 0.1) is 0 Å². The van der Waals surface area contributed by atoms with Gasteiger partial charge in [-0.3, -0.25) is 10.1 Å². The third-order valence-corrected chi connectivity index (χ3v) is 5.77. The van der Waals surface area contributed by atoms with E-state index in [0.29, 0.717) is 11.7 Å². The van der Waals surface area contributed by atoms with Gasteiger partial charge >= 0.3 is 0 Å². The van der Waals surface area contributed by atoms with Gasteiger partial charge in [-0.25, -0.2) is 15.0 Å². The van der Waals surface area contributed by atoms with Crippen LogP contribution in [0.15, 0.2) is 48.9 Å². The Kier molecular flexibility index (Phi) is 4.02. The van der Waals surface area contributed by atoms with E-state index in [9.17, 15) is 0 Å². The topological polar surface area (TPSA) is 108 Å². The van der Waals surface area contributed by atoms with E-state index in [-0.39, 0.29) is 0 Å². The van der Waals surface area contributed by atoms with Crippen LogP contribution in [0.4, 0.5) is 0 Å². The predicted octanol–water partition coefficient (Wildman–Crippen LogP) is 3.43. The molecule has 30 heavy (non-hydrogen) atoms. The molecule has 0 amide bonds. The summed E-state index contributed by atoms with van der Waals surface area (Å²) in [5.74, 6) is 1.14. The molecule has 0 radical (unpaired) electrons. The minimum Gasteiger partial charge on any atom is -0.321 e. The maximum atomic E-state index is 4.97. The van der Waals surface area contributed by atoms with Crippen molar-refractivity contribution in [3.63, 3.8) is 0 Å². The first-order valence-electron chi connectivity index (χ1n) is 10.2. The number of nitrogens with zero attached hydrogens (tertiary/aromatic N) is 5. The summed E-state index contributed by atoms with van der Waals surface area (Å²) >= 11 is 0. The summed E-state index contributed by atoms with van der Waals surface area (Å²) in [6.45, 7) is 2.07. The number of aromatic nitrogens is 7. The minimum absolute atomic E-state index is 0.480. The fourth-order valence-electron chi connectivity index (χ4n) is 4.20. The van der Waals surface area contributed by atoms with Crippen LogP contribution in [0.2, 0.25) is 0 Å². The van der Waals surface area contributed by atoms with Gasteiger partial charge in [-0.2, -0.15) is 5.10 Å². The number of fused-ring (bicyclic) bond motifs is 2. The molecule has 6 rings (SSSR count). The van der Waals surface area contributed by atoms with Gasteiger partial charge in [0, 0.05) is 41.3 Å². The molecule has 0 aromatic carbocycles. The first-order chi connectivity index (χ1) is 14.9. The van der Waals surface area contributed by atoms with Crippen molar-refractivity contribution < 1.29 is 0 Å². The first-order valence-corrected chi connectivity index (χ1v) is 10.2. The molecule has 0 saturated carbocycles. The monoisotopic (exact) mass is 396 g/mol. The van der Waals surface area contributed by atoms with Crippen molar-refractivity contribution in [2.24, 2.45) is 0 Å². The van der Waals surface area contributed by atoms with Crippen molar-refractivity contribution >= 4 is 22.2 Å². The Hall–Kier alpha value is -3.65. The lowest BCUT2D eigenvalue weighted by Gasteiger charge is -2.22. The number of hydrogen-bond donors (Lipinski definition) is 3. The van der Waals surface area contributed by atoms with E-state index in [2.05, 4.69) is 42.6 Å². The Morgan fingerprint density at radius 3 is 2.73 bits per heavy atom. The molecule has 5 aromatic rings. The molecule has 8 nitrogen and oxygen atoms in total. The Balaban J connectivity index is 1.47. The van der Waals surface area contributed by atoms with Gasteiger partial charge in [-0.15, -0.1) is 0 Å². The molecule has 0 spiro atoms. The van der Waals surface area contributed by atoms with Gasteiger partial charge in [-0.05, 0) is 50.2 Å². The smallest absolute Gasteiger partial charge is 0.162 e. The summed E-state index contributed by atoms with van der Waals surface area (Å²) in [5.41, 5.74) is 7.09. The van der Waals surface area contributed by atoms with E-state index >= 15 is 0 Å². The average molecular weight is 396 g/mol. The Bertz CT molecular complexity index is 1330. The van der Waals surface area contributed by atoms with Crippen molar-refractivity contribution in [3.8, 4) is 22.6 Å². The van der Waals surface area contributed by atoms with Crippen molar-refractivity contribution in [3.05, 3.63) is 54.6 Å². The van der Waals surface area contributed by atoms with Crippen LogP contribution in [0.25, 0.3) is 44.8 Å². The molecule has 1 aliphatic rings. The molecule has 8 heteroatoms. The fraction of sp³-hybridized carbons (Fsp3) is 0.227. The van der Waals surface area contributed by atoms with E-state index in [1.54, 1.807) is 12.4 Å². The van der Waals surface area contributed by atoms with Crippen LogP contribution >= 0.6 is 0 Å². The standard InChI is InChI=1S/C22H20N8/c1-2-14(12-24-8-1)15-7-11-25-21-18(15)27-22(28-21)20-19-17(29-30-20)4-3-16(26-19)13-5-9-23-10-6-13/h1-4,7-8,11-13,23H,5-6,9-10H2,(H,29,30)(H,25,27,28). The number of aromatic amines is 2. The molecule has 1 fully saturated rings. The lowest BCUT2D eigenvalue weighted by Crippen LogP contribution is -2.27. The number of piperidine rings is 1. The van der Waals surface area contributed by atoms with Gasteiger partial charge in [0.2, 0.25) is 0 Å². The molecule has 0 unspecified atom stereocenters. The highest BCUT2D eigenvalue weighted by atomic mass is 15.2. The van der Waals surface area contributed by atoms with Crippen LogP contribution in [0.3, 0.4) is 0 Å². The van der Waals surface area contributed by atoms with E-state index in [4.69, 9.17) is 9.97 Å². The summed E-state index contributed by atoms with van der Waals surface area (Å²) in [7, 11) is 0. The number of pyridine rings is 3. The predicted molar refractivity (Wildman–Crippen MR) is 115 cm³/mol. The molecule has 3 N–H and O–H groups in total. The zero-order valence-corrected chi connectivity index (χ0v) is 16.3. The third-order valence-electron chi connectivity index (χ3n) is 5.77. The zero-order valence-electron chi connectivity index (χ0n) is 16.3. The highest BCUT2D eigenvalue weighted by Crippen LogP contribution is 2.31. The normalized spacial score (nSPS) is 15.2. The maximum absolute atomic E-state index is 4.97. The van der Waals surface area contributed by atoms with Crippen LogP contribution in [0.1, 0.15) is 24.5 Å². The van der Waals surface area contributed by atoms with Crippen molar-refractivity contribution in [1.82, 2.24) is 40.4 Å². The third kappa shape index (κ3) is 2.84. The van der Waals surface area contributed by atoms with Crippen molar-refractivity contribution in [2.75, 3.05) is 13.1 Å². The highest BCUT2D eigenvalue weighted by Gasteiger charge is 2.20. The largest absolute Gasteiger partial charge is 0.321 e. The molecular formula is C22H20N8. The second-order valence-corrected chi connectivity index (χ2v) is 7.61. The molecule has 1 saturated heterocycles.